The van der Waals surface area contributed by atoms with E-state index in [2.05, 4.69) is 11.4 Å². The molecule has 12 rings (SSSR count). The molecule has 0 radical (unpaired) electrons. The molecule has 4 saturated heterocycles. The Morgan fingerprint density at radius 3 is 1.27 bits per heavy atom. The molecule has 3 N–H and O–H groups in total. The standard InChI is InChI=1S/C19H23NO5.C16H19NO3.C15H18N2O3.C14H17NO2.4H2S/c1-18(2,3)25-17(23)20-8-7-19(16(20)22)10-13-6-5-12(15(21)24-4)9-14(13)11-19;1-11(18)17-6-5-16(10-17)8-13-4-3-12(15(19)20-2)7-14(13)9-16;1-10(18)17-5-4-15(9-17)7-12-3-2-11(14(19)16-20)6-13(12)8-15;1-17-13(16)10-2-3-11-7-14(4-5-15-9-14)8-12(11)6-10;;;;/h5-6,9H,7-8,10-11H2,1-4H3;3-4,7H,5-6,8-10H2,1-2H3;2-3,6,20H,4-5,7-9H2,1H3,(H,16,19);2-3,6,15H,4-5,7-9H2,1H3;4*1H2/t19-;16-;15-;14-;;;;/m0000..../s1. The van der Waals surface area contributed by atoms with Gasteiger partial charge in [0.1, 0.15) is 5.60 Å². The lowest BCUT2D eigenvalue weighted by Gasteiger charge is -2.25. The smallest absolute Gasteiger partial charge is 0.417 e. The SMILES string of the molecule is CC(=O)N1CC[C@@]2(Cc3ccc(C(=O)NO)cc3C2)C1.COC(=O)c1ccc2c(c1)C[C@]1(CCN(C(=O)OC(C)(C)C)C1=O)C2.COC(=O)c1ccc2c(c1)C[C@]1(CCN(C(C)=O)C1)C2.COC(=O)c1ccc2c(c1)C[C@]1(CCNC1)C2.S.S.S.S. The molecule has 4 aliphatic heterocycles. The van der Waals surface area contributed by atoms with Crippen molar-refractivity contribution in [2.75, 3.05) is 67.1 Å². The predicted molar refractivity (Wildman–Crippen MR) is 344 cm³/mol. The molecule has 4 atom stereocenters. The van der Waals surface area contributed by atoms with E-state index in [9.17, 15) is 38.4 Å². The van der Waals surface area contributed by atoms with Crippen LogP contribution in [0.2, 0.25) is 0 Å². The molecule has 0 unspecified atom stereocenters. The fourth-order valence-corrected chi connectivity index (χ4v) is 13.9. The number of hydrogen-bond donors (Lipinski definition) is 3. The van der Waals surface area contributed by atoms with Crippen LogP contribution >= 0.6 is 54.0 Å². The van der Waals surface area contributed by atoms with E-state index < -0.39 is 29.0 Å². The molecule has 18 nitrogen and oxygen atoms in total. The molecular formula is C64H85N5O13S4. The van der Waals surface area contributed by atoms with Gasteiger partial charge < -0.3 is 34.1 Å². The topological polar surface area (TPSA) is 227 Å². The number of fused-ring (bicyclic) bond motifs is 4. The summed E-state index contributed by atoms with van der Waals surface area (Å²) in [5.41, 5.74) is 13.1. The van der Waals surface area contributed by atoms with Gasteiger partial charge in [0.05, 0.1) is 43.4 Å². The van der Waals surface area contributed by atoms with E-state index in [4.69, 9.17) is 24.2 Å². The first kappa shape index (κ1) is 70.7. The van der Waals surface area contributed by atoms with Gasteiger partial charge in [-0.2, -0.15) is 54.0 Å². The number of hydrogen-bond acceptors (Lipinski definition) is 14. The fraction of sp³-hybridized carbons (Fsp3) is 0.500. The summed E-state index contributed by atoms with van der Waals surface area (Å²) in [6.07, 6.45) is 10.5. The van der Waals surface area contributed by atoms with Crippen molar-refractivity contribution in [3.05, 3.63) is 140 Å². The number of likely N-dealkylation sites (tertiary alicyclic amines) is 3. The van der Waals surface area contributed by atoms with Crippen LogP contribution in [0.15, 0.2) is 72.8 Å². The summed E-state index contributed by atoms with van der Waals surface area (Å²) in [5, 5.41) is 12.1. The first-order valence-corrected chi connectivity index (χ1v) is 28.4. The second-order valence-corrected chi connectivity index (χ2v) is 25.0. The molecule has 4 aliphatic carbocycles. The van der Waals surface area contributed by atoms with Crippen molar-refractivity contribution in [3.8, 4) is 0 Å². The number of benzene rings is 4. The Morgan fingerprint density at radius 2 is 0.884 bits per heavy atom. The molecule has 4 spiro atoms. The second kappa shape index (κ2) is 28.4. The Labute approximate surface area is 532 Å². The molecule has 5 amide bonds. The van der Waals surface area contributed by atoms with Crippen LogP contribution in [-0.4, -0.2) is 140 Å². The van der Waals surface area contributed by atoms with Gasteiger partial charge in [0.2, 0.25) is 17.7 Å². The zero-order valence-electron chi connectivity index (χ0n) is 50.6. The normalized spacial score (nSPS) is 22.8. The van der Waals surface area contributed by atoms with Gasteiger partial charge in [-0.15, -0.1) is 0 Å². The van der Waals surface area contributed by atoms with Gasteiger partial charge >= 0.3 is 24.0 Å². The number of esters is 3. The number of amides is 5. The van der Waals surface area contributed by atoms with Crippen LogP contribution in [0.4, 0.5) is 4.79 Å². The van der Waals surface area contributed by atoms with E-state index in [1.165, 1.54) is 60.5 Å². The minimum Gasteiger partial charge on any atom is -0.465 e. The van der Waals surface area contributed by atoms with Crippen LogP contribution in [-0.2, 0) is 84.7 Å². The molecule has 22 heteroatoms. The lowest BCUT2D eigenvalue weighted by atomic mass is 9.83. The van der Waals surface area contributed by atoms with Gasteiger partial charge in [0, 0.05) is 58.7 Å². The van der Waals surface area contributed by atoms with E-state index in [1.807, 2.05) is 58.3 Å². The average molecular weight is 1260 g/mol. The van der Waals surface area contributed by atoms with Gasteiger partial charge in [-0.1, -0.05) is 24.3 Å². The minimum atomic E-state index is -0.638. The Balaban J connectivity index is 0.000000208. The number of nitrogens with one attached hydrogen (secondary N) is 2. The van der Waals surface area contributed by atoms with Crippen molar-refractivity contribution in [1.29, 1.82) is 0 Å². The van der Waals surface area contributed by atoms with Crippen molar-refractivity contribution in [2.24, 2.45) is 21.7 Å². The van der Waals surface area contributed by atoms with Crippen molar-refractivity contribution in [1.82, 2.24) is 25.5 Å². The number of imide groups is 1. The summed E-state index contributed by atoms with van der Waals surface area (Å²) in [4.78, 5) is 99.5. The lowest BCUT2D eigenvalue weighted by molar-refractivity contribution is -0.135. The van der Waals surface area contributed by atoms with E-state index in [-0.39, 0.29) is 94.5 Å². The number of hydroxylamine groups is 1. The summed E-state index contributed by atoms with van der Waals surface area (Å²) in [6.45, 7) is 14.5. The summed E-state index contributed by atoms with van der Waals surface area (Å²) in [7, 11) is 4.17. The molecule has 0 aromatic heterocycles. The van der Waals surface area contributed by atoms with Gasteiger partial charge in [-0.3, -0.25) is 24.4 Å². The average Bonchev–Trinajstić information content (AvgIpc) is 1.72. The number of carbonyl (C=O) groups excluding carboxylic acids is 8. The third-order valence-electron chi connectivity index (χ3n) is 18.1. The minimum absolute atomic E-state index is 0. The monoisotopic (exact) mass is 1260 g/mol. The van der Waals surface area contributed by atoms with E-state index in [0.717, 1.165) is 107 Å². The summed E-state index contributed by atoms with van der Waals surface area (Å²) < 4.78 is 19.6. The quantitative estimate of drug-likeness (QED) is 0.0771. The molecule has 8 aliphatic rings. The van der Waals surface area contributed by atoms with E-state index in [1.54, 1.807) is 58.3 Å². The highest BCUT2D eigenvalue weighted by atomic mass is 32.1. The van der Waals surface area contributed by atoms with Gasteiger partial charge in [-0.05, 0) is 214 Å². The highest BCUT2D eigenvalue weighted by molar-refractivity contribution is 7.59. The largest absolute Gasteiger partial charge is 0.465 e. The van der Waals surface area contributed by atoms with Crippen LogP contribution < -0.4 is 10.8 Å². The van der Waals surface area contributed by atoms with E-state index >= 15 is 0 Å². The zero-order valence-corrected chi connectivity index (χ0v) is 54.6. The van der Waals surface area contributed by atoms with Crippen LogP contribution in [0.1, 0.15) is 146 Å². The molecule has 0 saturated carbocycles. The summed E-state index contributed by atoms with van der Waals surface area (Å²) in [6, 6.07) is 22.7. The maximum Gasteiger partial charge on any atom is 0.417 e. The molecule has 4 aromatic rings. The Kier molecular flexibility index (Phi) is 23.4. The number of methoxy groups -OCH3 is 3. The molecule has 86 heavy (non-hydrogen) atoms. The van der Waals surface area contributed by atoms with Crippen molar-refractivity contribution < 1.29 is 62.5 Å². The van der Waals surface area contributed by atoms with Gasteiger partial charge in [-0.25, -0.2) is 29.6 Å². The maximum atomic E-state index is 12.9. The van der Waals surface area contributed by atoms with Crippen LogP contribution in [0.3, 0.4) is 0 Å². The zero-order chi connectivity index (χ0) is 58.9. The molecule has 4 aromatic carbocycles. The maximum absolute atomic E-state index is 12.9. The highest BCUT2D eigenvalue weighted by Crippen LogP contribution is 2.48. The van der Waals surface area contributed by atoms with E-state index in [0.29, 0.717) is 53.5 Å². The number of ether oxygens (including phenoxy) is 4. The molecule has 4 fully saturated rings. The fourth-order valence-electron chi connectivity index (χ4n) is 13.9. The first-order valence-electron chi connectivity index (χ1n) is 28.4. The lowest BCUT2D eigenvalue weighted by Crippen LogP contribution is -2.41. The van der Waals surface area contributed by atoms with Gasteiger partial charge in [0.15, 0.2) is 0 Å². The molecule has 468 valence electrons. The molecular weight excluding hydrogens is 1170 g/mol. The van der Waals surface area contributed by atoms with Crippen LogP contribution in [0.5, 0.6) is 0 Å². The Bertz CT molecular complexity index is 3130. The highest BCUT2D eigenvalue weighted by Gasteiger charge is 2.53. The van der Waals surface area contributed by atoms with Crippen molar-refractivity contribution in [2.45, 2.75) is 117 Å². The third-order valence-corrected chi connectivity index (χ3v) is 18.1. The number of nitrogens with zero attached hydrogens (tertiary/aromatic N) is 3. The first-order chi connectivity index (χ1) is 38.9. The van der Waals surface area contributed by atoms with Crippen molar-refractivity contribution >= 4 is 102 Å². The van der Waals surface area contributed by atoms with Gasteiger partial charge in [0.25, 0.3) is 5.91 Å². The Morgan fingerprint density at radius 1 is 0.512 bits per heavy atom. The summed E-state index contributed by atoms with van der Waals surface area (Å²) in [5.74, 6) is -1.28. The summed E-state index contributed by atoms with van der Waals surface area (Å²) >= 11 is 0. The van der Waals surface area contributed by atoms with Crippen molar-refractivity contribution in [3.63, 3.8) is 0 Å². The predicted octanol–water partition coefficient (Wildman–Crippen LogP) is 7.68. The Hall–Kier alpha value is -6.04. The third kappa shape index (κ3) is 15.3. The van der Waals surface area contributed by atoms with Crippen LogP contribution in [0, 0.1) is 21.7 Å². The molecule has 0 bridgehead atoms. The number of rotatable bonds is 4. The number of carbonyl (C=O) groups is 8. The van der Waals surface area contributed by atoms with Crippen LogP contribution in [0.25, 0.3) is 0 Å². The second-order valence-electron chi connectivity index (χ2n) is 25.0. The molecule has 4 heterocycles.